The summed E-state index contributed by atoms with van der Waals surface area (Å²) in [5.41, 5.74) is 5.94. The quantitative estimate of drug-likeness (QED) is 0.563. The molecule has 0 fully saturated rings. The number of nitrogen functional groups attached to an aromatic ring is 1. The van der Waals surface area contributed by atoms with E-state index in [1.807, 2.05) is 0 Å². The van der Waals surface area contributed by atoms with E-state index in [0.717, 1.165) is 0 Å². The zero-order valence-corrected chi connectivity index (χ0v) is 10.7. The molecule has 0 amide bonds. The summed E-state index contributed by atoms with van der Waals surface area (Å²) in [5, 5.41) is 7.31. The van der Waals surface area contributed by atoms with E-state index in [2.05, 4.69) is 4.98 Å². The van der Waals surface area contributed by atoms with Crippen LogP contribution in [-0.2, 0) is 9.84 Å². The van der Waals surface area contributed by atoms with Crippen molar-refractivity contribution in [3.63, 3.8) is 0 Å². The number of amidine groups is 1. The van der Waals surface area contributed by atoms with Gasteiger partial charge in [0.05, 0.1) is 5.75 Å². The van der Waals surface area contributed by atoms with Crippen LogP contribution in [0, 0.1) is 5.41 Å². The number of aromatic nitrogens is 1. The Labute approximate surface area is 101 Å². The van der Waals surface area contributed by atoms with Crippen LogP contribution < -0.4 is 10.6 Å². The number of hydrogen-bond donors (Lipinski definition) is 2. The highest BCUT2D eigenvalue weighted by Crippen LogP contribution is 2.10. The molecule has 0 aromatic carbocycles. The Kier molecular flexibility index (Phi) is 4.06. The maximum Gasteiger partial charge on any atom is 0.149 e. The fourth-order valence-corrected chi connectivity index (χ4v) is 1.82. The number of nitrogens with zero attached hydrogens (tertiary/aromatic N) is 2. The standard InChI is InChI=1S/C10H16N4O2S/c1-14(5-6-17(2,15)16)9-7-8(10(11)12)3-4-13-9/h3-4,7H,5-6H2,1-2H3,(H3,11,12). The summed E-state index contributed by atoms with van der Waals surface area (Å²) >= 11 is 0. The van der Waals surface area contributed by atoms with Crippen LogP contribution in [0.15, 0.2) is 18.3 Å². The summed E-state index contributed by atoms with van der Waals surface area (Å²) in [6.45, 7) is 0.354. The number of anilines is 1. The summed E-state index contributed by atoms with van der Waals surface area (Å²) < 4.78 is 22.1. The molecule has 1 heterocycles. The first kappa shape index (κ1) is 13.4. The van der Waals surface area contributed by atoms with Crippen molar-refractivity contribution in [2.24, 2.45) is 5.73 Å². The summed E-state index contributed by atoms with van der Waals surface area (Å²) in [5.74, 6) is 0.627. The van der Waals surface area contributed by atoms with Crippen molar-refractivity contribution in [1.82, 2.24) is 4.98 Å². The van der Waals surface area contributed by atoms with Gasteiger partial charge in [0.15, 0.2) is 0 Å². The summed E-state index contributed by atoms with van der Waals surface area (Å²) in [6.07, 6.45) is 2.74. The molecule has 0 spiro atoms. The second kappa shape index (κ2) is 5.13. The Hall–Kier alpha value is -1.63. The van der Waals surface area contributed by atoms with Crippen molar-refractivity contribution >= 4 is 21.5 Å². The van der Waals surface area contributed by atoms with E-state index in [9.17, 15) is 8.42 Å². The third-order valence-electron chi connectivity index (χ3n) is 2.25. The van der Waals surface area contributed by atoms with Gasteiger partial charge in [0.1, 0.15) is 21.5 Å². The first-order valence-corrected chi connectivity index (χ1v) is 7.05. The lowest BCUT2D eigenvalue weighted by atomic mass is 10.2. The third kappa shape index (κ3) is 4.39. The summed E-state index contributed by atoms with van der Waals surface area (Å²) in [6, 6.07) is 3.29. The molecule has 0 radical (unpaired) electrons. The lowest BCUT2D eigenvalue weighted by Gasteiger charge is -2.17. The topological polar surface area (TPSA) is 100 Å². The Morgan fingerprint density at radius 3 is 2.76 bits per heavy atom. The molecular weight excluding hydrogens is 240 g/mol. The molecule has 6 nitrogen and oxygen atoms in total. The van der Waals surface area contributed by atoms with Crippen LogP contribution >= 0.6 is 0 Å². The second-order valence-electron chi connectivity index (χ2n) is 3.87. The van der Waals surface area contributed by atoms with Gasteiger partial charge < -0.3 is 10.6 Å². The first-order chi connectivity index (χ1) is 7.79. The molecule has 0 unspecified atom stereocenters. The first-order valence-electron chi connectivity index (χ1n) is 4.99. The molecule has 1 aromatic rings. The van der Waals surface area contributed by atoms with Crippen LogP contribution in [0.3, 0.4) is 0 Å². The number of nitrogens with one attached hydrogen (secondary N) is 1. The zero-order valence-electron chi connectivity index (χ0n) is 9.84. The van der Waals surface area contributed by atoms with E-state index >= 15 is 0 Å². The SMILES string of the molecule is CN(CCS(C)(=O)=O)c1cc(C(=N)N)ccn1. The zero-order chi connectivity index (χ0) is 13.1. The molecule has 94 valence electrons. The third-order valence-corrected chi connectivity index (χ3v) is 3.17. The van der Waals surface area contributed by atoms with Crippen LogP contribution in [0.2, 0.25) is 0 Å². The van der Waals surface area contributed by atoms with E-state index < -0.39 is 9.84 Å². The normalized spacial score (nSPS) is 11.2. The molecule has 0 aliphatic rings. The fraction of sp³-hybridized carbons (Fsp3) is 0.400. The largest absolute Gasteiger partial charge is 0.384 e. The minimum Gasteiger partial charge on any atom is -0.384 e. The molecule has 1 aromatic heterocycles. The Morgan fingerprint density at radius 2 is 2.24 bits per heavy atom. The van der Waals surface area contributed by atoms with Gasteiger partial charge in [-0.2, -0.15) is 0 Å². The molecular formula is C10H16N4O2S. The highest BCUT2D eigenvalue weighted by Gasteiger charge is 2.08. The molecule has 0 aliphatic carbocycles. The minimum atomic E-state index is -2.99. The fourth-order valence-electron chi connectivity index (χ4n) is 1.21. The van der Waals surface area contributed by atoms with E-state index in [4.69, 9.17) is 11.1 Å². The van der Waals surface area contributed by atoms with E-state index in [-0.39, 0.29) is 11.6 Å². The number of pyridine rings is 1. The Balaban J connectivity index is 2.79. The van der Waals surface area contributed by atoms with Crippen LogP contribution in [-0.4, -0.2) is 44.8 Å². The Bertz CT molecular complexity index is 513. The van der Waals surface area contributed by atoms with Gasteiger partial charge in [0.25, 0.3) is 0 Å². The second-order valence-corrected chi connectivity index (χ2v) is 6.13. The van der Waals surface area contributed by atoms with Gasteiger partial charge in [-0.1, -0.05) is 0 Å². The summed E-state index contributed by atoms with van der Waals surface area (Å²) in [7, 11) is -1.24. The summed E-state index contributed by atoms with van der Waals surface area (Å²) in [4.78, 5) is 5.82. The lowest BCUT2D eigenvalue weighted by Crippen LogP contribution is -2.26. The predicted molar refractivity (Wildman–Crippen MR) is 68.2 cm³/mol. The predicted octanol–water partition coefficient (Wildman–Crippen LogP) is -0.154. The van der Waals surface area contributed by atoms with Gasteiger partial charge in [-0.05, 0) is 12.1 Å². The molecule has 3 N–H and O–H groups in total. The molecule has 0 bridgehead atoms. The van der Waals surface area contributed by atoms with Crippen molar-refractivity contribution in [3.05, 3.63) is 23.9 Å². The van der Waals surface area contributed by atoms with Gasteiger partial charge in [-0.3, -0.25) is 5.41 Å². The average Bonchev–Trinajstić information content (AvgIpc) is 2.25. The van der Waals surface area contributed by atoms with Crippen LogP contribution in [0.25, 0.3) is 0 Å². The number of hydrogen-bond acceptors (Lipinski definition) is 5. The molecule has 1 rings (SSSR count). The molecule has 7 heteroatoms. The highest BCUT2D eigenvalue weighted by atomic mass is 32.2. The molecule has 0 aliphatic heterocycles. The van der Waals surface area contributed by atoms with E-state index in [1.54, 1.807) is 30.3 Å². The van der Waals surface area contributed by atoms with Crippen molar-refractivity contribution in [1.29, 1.82) is 5.41 Å². The Morgan fingerprint density at radius 1 is 1.59 bits per heavy atom. The number of nitrogens with two attached hydrogens (primary N) is 1. The monoisotopic (exact) mass is 256 g/mol. The number of sulfone groups is 1. The van der Waals surface area contributed by atoms with E-state index in [0.29, 0.717) is 17.9 Å². The molecule has 0 saturated heterocycles. The maximum absolute atomic E-state index is 11.0. The van der Waals surface area contributed by atoms with Gasteiger partial charge >= 0.3 is 0 Å². The van der Waals surface area contributed by atoms with E-state index in [1.165, 1.54) is 6.26 Å². The minimum absolute atomic E-state index is 0.0369. The molecule has 0 saturated carbocycles. The van der Waals surface area contributed by atoms with Crippen molar-refractivity contribution < 1.29 is 8.42 Å². The van der Waals surface area contributed by atoms with Crippen molar-refractivity contribution in [2.45, 2.75) is 0 Å². The van der Waals surface area contributed by atoms with Gasteiger partial charge in [0.2, 0.25) is 0 Å². The van der Waals surface area contributed by atoms with Crippen molar-refractivity contribution in [3.8, 4) is 0 Å². The molecule has 0 atom stereocenters. The smallest absolute Gasteiger partial charge is 0.149 e. The number of rotatable bonds is 5. The van der Waals surface area contributed by atoms with Gasteiger partial charge in [-0.25, -0.2) is 13.4 Å². The van der Waals surface area contributed by atoms with Crippen molar-refractivity contribution in [2.75, 3.05) is 30.5 Å². The van der Waals surface area contributed by atoms with Crippen LogP contribution in [0.1, 0.15) is 5.56 Å². The highest BCUT2D eigenvalue weighted by molar-refractivity contribution is 7.90. The van der Waals surface area contributed by atoms with Crippen LogP contribution in [0.4, 0.5) is 5.82 Å². The van der Waals surface area contributed by atoms with Gasteiger partial charge in [0, 0.05) is 31.6 Å². The van der Waals surface area contributed by atoms with Gasteiger partial charge in [-0.15, -0.1) is 0 Å². The van der Waals surface area contributed by atoms with Crippen LogP contribution in [0.5, 0.6) is 0 Å². The average molecular weight is 256 g/mol. The maximum atomic E-state index is 11.0. The molecule has 17 heavy (non-hydrogen) atoms. The lowest BCUT2D eigenvalue weighted by molar-refractivity contribution is 0.601.